The van der Waals surface area contributed by atoms with Gasteiger partial charge in [-0.05, 0) is 0 Å². The van der Waals surface area contributed by atoms with Gasteiger partial charge in [0.25, 0.3) is 0 Å². The summed E-state index contributed by atoms with van der Waals surface area (Å²) in [7, 11) is 0.611. The van der Waals surface area contributed by atoms with Crippen LogP contribution in [0.5, 0.6) is 0 Å². The van der Waals surface area contributed by atoms with Gasteiger partial charge in [-0.1, -0.05) is 0 Å². The van der Waals surface area contributed by atoms with Crippen molar-refractivity contribution in [3.8, 4) is 0 Å². The van der Waals surface area contributed by atoms with Gasteiger partial charge >= 0.3 is 48.9 Å². The predicted molar refractivity (Wildman–Crippen MR) is 17.2 cm³/mol. The molecular formula is H4BaOSiTi. The van der Waals surface area contributed by atoms with Crippen molar-refractivity contribution in [1.29, 1.82) is 0 Å². The van der Waals surface area contributed by atoms with Gasteiger partial charge in [0.15, 0.2) is 0 Å². The second-order valence-electron chi connectivity index (χ2n) is 0. The molecule has 0 aliphatic heterocycles. The van der Waals surface area contributed by atoms with Crippen molar-refractivity contribution in [1.82, 2.24) is 0 Å². The third-order valence-corrected chi connectivity index (χ3v) is 0. The third kappa shape index (κ3) is 8.85. The van der Waals surface area contributed by atoms with E-state index in [4.69, 9.17) is 4.46 Å². The number of hydrogen-bond acceptors (Lipinski definition) is 1. The van der Waals surface area contributed by atoms with Crippen molar-refractivity contribution in [3.63, 3.8) is 0 Å². The summed E-state index contributed by atoms with van der Waals surface area (Å²) in [5.74, 6) is 0. The fourth-order valence-corrected chi connectivity index (χ4v) is 0. The Balaban J connectivity index is -0.000000000833. The van der Waals surface area contributed by atoms with Crippen LogP contribution >= 0.6 is 0 Å². The molecule has 0 aromatic rings. The van der Waals surface area contributed by atoms with Crippen LogP contribution in [0.15, 0.2) is 0 Å². The molecule has 0 aliphatic carbocycles. The van der Waals surface area contributed by atoms with Crippen LogP contribution in [0, 0.1) is 0 Å². The van der Waals surface area contributed by atoms with Gasteiger partial charge in [0.1, 0.15) is 0 Å². The summed E-state index contributed by atoms with van der Waals surface area (Å²) >= 11 is 0. The van der Waals surface area contributed by atoms with Crippen LogP contribution in [0.3, 0.4) is 0 Å². The predicted octanol–water partition coefficient (Wildman–Crippen LogP) is -1.19. The van der Waals surface area contributed by atoms with Gasteiger partial charge in [0, 0.05) is 21.7 Å². The summed E-state index contributed by atoms with van der Waals surface area (Å²) < 4.78 is 8.28. The van der Waals surface area contributed by atoms with Crippen molar-refractivity contribution in [2.75, 3.05) is 0 Å². The first-order chi connectivity index (χ1) is 1.00. The Hall–Kier alpha value is 2.30. The maximum atomic E-state index is 8.28. The van der Waals surface area contributed by atoms with E-state index in [1.54, 1.807) is 0 Å². The molecule has 0 saturated heterocycles. The second-order valence-corrected chi connectivity index (χ2v) is 0. The molecule has 0 N–H and O–H groups in total. The van der Waals surface area contributed by atoms with Crippen molar-refractivity contribution in [2.45, 2.75) is 0 Å². The molecule has 0 aromatic heterocycles. The van der Waals surface area contributed by atoms with Gasteiger partial charge in [0.05, 0.1) is 0 Å². The molecule has 1 nitrogen and oxygen atoms in total. The molecule has 4 heavy (non-hydrogen) atoms. The summed E-state index contributed by atoms with van der Waals surface area (Å²) in [6.07, 6.45) is 0. The normalized spacial score (nSPS) is 1.00. The molecule has 0 unspecified atom stereocenters. The standard InChI is InChI=1S/Ba.H2OSi.Ti.2H/c;1-2;;;/h;2H2;;;/q+2;;;2*-1. The summed E-state index contributed by atoms with van der Waals surface area (Å²) in [4.78, 5) is 0. The number of rotatable bonds is 0. The minimum Gasteiger partial charge on any atom is -1.00 e. The smallest absolute Gasteiger partial charge is 1.00 e. The summed E-state index contributed by atoms with van der Waals surface area (Å²) in [5.41, 5.74) is 0. The molecule has 0 radical (unpaired) electrons. The monoisotopic (exact) mass is 234 g/mol. The molecule has 0 bridgehead atoms. The van der Waals surface area contributed by atoms with Crippen molar-refractivity contribution in [3.05, 3.63) is 0 Å². The molecule has 0 rings (SSSR count). The van der Waals surface area contributed by atoms with Crippen molar-refractivity contribution < 1.29 is 29.0 Å². The van der Waals surface area contributed by atoms with Crippen LogP contribution in [0.25, 0.3) is 0 Å². The van der Waals surface area contributed by atoms with E-state index < -0.39 is 0 Å². The molecule has 0 spiro atoms. The summed E-state index contributed by atoms with van der Waals surface area (Å²) in [6, 6.07) is 0. The maximum Gasteiger partial charge on any atom is 2.00 e. The van der Waals surface area contributed by atoms with Crippen molar-refractivity contribution in [2.24, 2.45) is 0 Å². The van der Waals surface area contributed by atoms with E-state index in [9.17, 15) is 0 Å². The minimum atomic E-state index is 0. The summed E-state index contributed by atoms with van der Waals surface area (Å²) in [5, 5.41) is 0. The van der Waals surface area contributed by atoms with Crippen LogP contribution in [-0.4, -0.2) is 59.0 Å². The molecule has 20 valence electrons. The number of hydrogen-bond donors (Lipinski definition) is 0. The van der Waals surface area contributed by atoms with E-state index in [-0.39, 0.29) is 73.5 Å². The zero-order valence-corrected chi connectivity index (χ0v) is 9.74. The van der Waals surface area contributed by atoms with Gasteiger partial charge < -0.3 is 7.32 Å². The fraction of sp³-hybridized carbons (Fsp3) is 0. The minimum absolute atomic E-state index is 0. The molecule has 0 aliphatic rings. The van der Waals surface area contributed by atoms with E-state index in [0.717, 1.165) is 0 Å². The maximum absolute atomic E-state index is 8.28. The van der Waals surface area contributed by atoms with Crippen LogP contribution in [0.2, 0.25) is 0 Å². The van der Waals surface area contributed by atoms with E-state index in [2.05, 4.69) is 0 Å². The quantitative estimate of drug-likeness (QED) is 0.481. The Morgan fingerprint density at radius 2 is 1.50 bits per heavy atom. The topological polar surface area (TPSA) is 17.1 Å². The molecule has 0 amide bonds. The Kier molecular flexibility index (Phi) is 75.2. The first-order valence-electron chi connectivity index (χ1n) is 0.289. The molecular weight excluding hydrogens is 229 g/mol. The Bertz CT molecular complexity index is 13.5. The second kappa shape index (κ2) is 18.5. The van der Waals surface area contributed by atoms with Crippen LogP contribution < -0.4 is 0 Å². The van der Waals surface area contributed by atoms with E-state index >= 15 is 0 Å². The zero-order chi connectivity index (χ0) is 2.00. The Labute approximate surface area is 86.3 Å². The average molecular weight is 233 g/mol. The van der Waals surface area contributed by atoms with Gasteiger partial charge in [-0.25, -0.2) is 0 Å². The van der Waals surface area contributed by atoms with Crippen molar-refractivity contribution >= 4 is 59.0 Å². The van der Waals surface area contributed by atoms with E-state index in [0.29, 0.717) is 10.1 Å². The van der Waals surface area contributed by atoms with Gasteiger partial charge in [-0.2, -0.15) is 0 Å². The average Bonchev–Trinajstić information content (AvgIpc) is 1.00. The zero-order valence-electron chi connectivity index (χ0n) is 4.32. The van der Waals surface area contributed by atoms with Gasteiger partial charge in [-0.3, -0.25) is 0 Å². The first kappa shape index (κ1) is 16.2. The van der Waals surface area contributed by atoms with Crippen LogP contribution in [0.1, 0.15) is 2.85 Å². The van der Waals surface area contributed by atoms with E-state index in [1.807, 2.05) is 0 Å². The van der Waals surface area contributed by atoms with Crippen LogP contribution in [0.4, 0.5) is 0 Å². The first-order valence-corrected chi connectivity index (χ1v) is 0.866. The molecule has 0 heterocycles. The van der Waals surface area contributed by atoms with E-state index in [1.165, 1.54) is 0 Å². The molecule has 4 heteroatoms. The summed E-state index contributed by atoms with van der Waals surface area (Å²) in [6.45, 7) is 0. The van der Waals surface area contributed by atoms with Gasteiger partial charge in [-0.15, -0.1) is 0 Å². The molecule has 0 atom stereocenters. The fourth-order valence-electron chi connectivity index (χ4n) is 0. The van der Waals surface area contributed by atoms with Crippen LogP contribution in [-0.2, 0) is 26.2 Å². The largest absolute Gasteiger partial charge is 2.00 e. The van der Waals surface area contributed by atoms with Gasteiger partial charge in [0.2, 0.25) is 10.1 Å². The molecule has 0 saturated carbocycles. The molecule has 0 fully saturated rings. The molecule has 0 aromatic carbocycles. The third-order valence-electron chi connectivity index (χ3n) is 0. The Morgan fingerprint density at radius 3 is 1.50 bits per heavy atom. The SMILES string of the molecule is O=[SiH2].[Ba+2].[H-].[H-].[Ti]. The Morgan fingerprint density at radius 1 is 1.50 bits per heavy atom.